The maximum absolute atomic E-state index is 13.5. The van der Waals surface area contributed by atoms with Crippen molar-refractivity contribution in [3.05, 3.63) is 46.9 Å². The third-order valence-electron chi connectivity index (χ3n) is 9.03. The average Bonchev–Trinajstić information content (AvgIpc) is 3.46. The molecule has 2 aromatic rings. The number of pyridine rings is 1. The van der Waals surface area contributed by atoms with Gasteiger partial charge in [0, 0.05) is 33.3 Å². The fourth-order valence-electron chi connectivity index (χ4n) is 6.83. The zero-order valence-corrected chi connectivity index (χ0v) is 27.5. The quantitative estimate of drug-likeness (QED) is 0.210. The summed E-state index contributed by atoms with van der Waals surface area (Å²) in [5.74, 6) is -0.582. The lowest BCUT2D eigenvalue weighted by atomic mass is 9.67. The van der Waals surface area contributed by atoms with Crippen molar-refractivity contribution >= 4 is 35.3 Å². The highest BCUT2D eigenvalue weighted by molar-refractivity contribution is 6.00. The van der Waals surface area contributed by atoms with Crippen LogP contribution in [0.15, 0.2) is 35.6 Å². The highest BCUT2D eigenvalue weighted by Crippen LogP contribution is 2.43. The molecule has 4 atom stereocenters. The molecule has 2 saturated carbocycles. The predicted molar refractivity (Wildman–Crippen MR) is 173 cm³/mol. The first-order valence-corrected chi connectivity index (χ1v) is 16.5. The van der Waals surface area contributed by atoms with Crippen LogP contribution in [0.3, 0.4) is 0 Å². The maximum Gasteiger partial charge on any atom is 0.303 e. The molecule has 2 heterocycles. The molecule has 0 saturated heterocycles. The smallest absolute Gasteiger partial charge is 0.303 e. The summed E-state index contributed by atoms with van der Waals surface area (Å²) < 4.78 is 7.85. The van der Waals surface area contributed by atoms with Crippen LogP contribution < -0.4 is 26.8 Å². The first kappa shape index (κ1) is 35.4. The summed E-state index contributed by atoms with van der Waals surface area (Å²) in [5.41, 5.74) is -0.491. The molecule has 4 rings (SSSR count). The van der Waals surface area contributed by atoms with E-state index in [4.69, 9.17) is 4.74 Å². The fraction of sp³-hybridized carbons (Fsp3) is 0.606. The van der Waals surface area contributed by atoms with Crippen LogP contribution in [0.25, 0.3) is 0 Å². The number of likely N-dealkylation sites (N-methyl/N-ethyl adjacent to an activating group) is 1. The number of carbonyl (C=O) groups is 5. The van der Waals surface area contributed by atoms with E-state index in [1.807, 2.05) is 0 Å². The third-order valence-corrected chi connectivity index (χ3v) is 9.03. The van der Waals surface area contributed by atoms with Crippen molar-refractivity contribution in [3.63, 3.8) is 0 Å². The standard InChI is InChI=1S/C33H47N7O7/c1-4-35-32(45)28(47-21(2)41)11-10-25(37-31(44)27-18-34-20-39(27)3)30(43)38-26-9-6-14-40(33(26)46)19-29(42)36-13-12-24-16-22-7-5-8-23(15-22)17-24/h6,9,14,18,20,22-25,28H,4-5,7-8,10-13,15-17,19H2,1-3H3,(H,35,45)(H,36,42)(H,37,44)(H,38,43)/t22?,23?,24?,25-,28?/m0/s1. The fourth-order valence-corrected chi connectivity index (χ4v) is 6.83. The minimum Gasteiger partial charge on any atom is -0.452 e. The van der Waals surface area contributed by atoms with E-state index in [1.54, 1.807) is 20.0 Å². The molecule has 0 aromatic carbocycles. The normalized spacial score (nSPS) is 19.9. The number of rotatable bonds is 15. The number of anilines is 1. The summed E-state index contributed by atoms with van der Waals surface area (Å²) in [6.07, 6.45) is 11.6. The molecular formula is C33H47N7O7. The van der Waals surface area contributed by atoms with Crippen LogP contribution in [0.4, 0.5) is 5.69 Å². The van der Waals surface area contributed by atoms with Gasteiger partial charge in [0.1, 0.15) is 24.0 Å². The third kappa shape index (κ3) is 10.2. The largest absolute Gasteiger partial charge is 0.452 e. The zero-order valence-electron chi connectivity index (χ0n) is 27.5. The number of aromatic nitrogens is 3. The van der Waals surface area contributed by atoms with E-state index in [-0.39, 0.29) is 36.7 Å². The highest BCUT2D eigenvalue weighted by Gasteiger charge is 2.32. The topological polar surface area (TPSA) is 183 Å². The summed E-state index contributed by atoms with van der Waals surface area (Å²) in [7, 11) is 1.62. The van der Waals surface area contributed by atoms with Gasteiger partial charge in [-0.3, -0.25) is 28.8 Å². The number of hydrogen-bond acceptors (Lipinski definition) is 8. The van der Waals surface area contributed by atoms with Crippen molar-refractivity contribution in [1.82, 2.24) is 30.1 Å². The van der Waals surface area contributed by atoms with E-state index in [0.29, 0.717) is 19.0 Å². The second kappa shape index (κ2) is 16.9. The summed E-state index contributed by atoms with van der Waals surface area (Å²) in [5, 5.41) is 10.7. The Kier molecular flexibility index (Phi) is 12.7. The van der Waals surface area contributed by atoms with Gasteiger partial charge in [0.25, 0.3) is 17.4 Å². The molecule has 14 heteroatoms. The Bertz CT molecular complexity index is 1470. The molecule has 4 amide bonds. The molecule has 14 nitrogen and oxygen atoms in total. The number of fused-ring (bicyclic) bond motifs is 2. The van der Waals surface area contributed by atoms with Crippen LogP contribution >= 0.6 is 0 Å². The van der Waals surface area contributed by atoms with E-state index in [2.05, 4.69) is 26.3 Å². The van der Waals surface area contributed by atoms with E-state index < -0.39 is 41.4 Å². The summed E-state index contributed by atoms with van der Waals surface area (Å²) in [4.78, 5) is 80.6. The molecule has 2 bridgehead atoms. The Hall–Kier alpha value is -4.49. The van der Waals surface area contributed by atoms with Gasteiger partial charge in [0.2, 0.25) is 11.8 Å². The Morgan fingerprint density at radius 3 is 2.45 bits per heavy atom. The van der Waals surface area contributed by atoms with Crippen LogP contribution in [-0.4, -0.2) is 69.0 Å². The number of nitrogens with one attached hydrogen (secondary N) is 4. The van der Waals surface area contributed by atoms with Gasteiger partial charge in [0.05, 0.1) is 12.5 Å². The highest BCUT2D eigenvalue weighted by atomic mass is 16.5. The molecule has 2 aromatic heterocycles. The van der Waals surface area contributed by atoms with Gasteiger partial charge in [-0.25, -0.2) is 4.98 Å². The second-order valence-electron chi connectivity index (χ2n) is 12.7. The monoisotopic (exact) mass is 653 g/mol. The Morgan fingerprint density at radius 2 is 1.79 bits per heavy atom. The number of esters is 1. The number of imidazole rings is 1. The average molecular weight is 654 g/mol. The zero-order chi connectivity index (χ0) is 33.9. The molecular weight excluding hydrogens is 606 g/mol. The molecule has 3 unspecified atom stereocenters. The number of nitrogens with zero attached hydrogens (tertiary/aromatic N) is 3. The van der Waals surface area contributed by atoms with Crippen LogP contribution in [0.5, 0.6) is 0 Å². The van der Waals surface area contributed by atoms with E-state index >= 15 is 0 Å². The minimum absolute atomic E-state index is 0.0842. The summed E-state index contributed by atoms with van der Waals surface area (Å²) in [6.45, 7) is 3.52. The summed E-state index contributed by atoms with van der Waals surface area (Å²) >= 11 is 0. The van der Waals surface area contributed by atoms with Crippen LogP contribution in [0, 0.1) is 17.8 Å². The first-order chi connectivity index (χ1) is 22.5. The SMILES string of the molecule is CCNC(=O)C(CC[C@H](NC(=O)c1cncn1C)C(=O)Nc1cccn(CC(=O)NCCC2CC3CCCC(C3)C2)c1=O)OC(C)=O. The van der Waals surface area contributed by atoms with Gasteiger partial charge in [0.15, 0.2) is 6.10 Å². The molecule has 0 radical (unpaired) electrons. The summed E-state index contributed by atoms with van der Waals surface area (Å²) in [6, 6.07) is 1.73. The van der Waals surface area contributed by atoms with Gasteiger partial charge in [-0.1, -0.05) is 19.3 Å². The first-order valence-electron chi connectivity index (χ1n) is 16.5. The van der Waals surface area contributed by atoms with Crippen molar-refractivity contribution in [2.24, 2.45) is 24.8 Å². The predicted octanol–water partition coefficient (Wildman–Crippen LogP) is 1.89. The molecule has 0 aliphatic heterocycles. The number of hydrogen-bond donors (Lipinski definition) is 4. The van der Waals surface area contributed by atoms with Crippen LogP contribution in [0.1, 0.15) is 82.1 Å². The Morgan fingerprint density at radius 1 is 1.04 bits per heavy atom. The van der Waals surface area contributed by atoms with Crippen LogP contribution in [-0.2, 0) is 37.5 Å². The van der Waals surface area contributed by atoms with E-state index in [9.17, 15) is 28.8 Å². The Labute approximate surface area is 274 Å². The molecule has 47 heavy (non-hydrogen) atoms. The molecule has 2 fully saturated rings. The minimum atomic E-state index is -1.22. The lowest BCUT2D eigenvalue weighted by Gasteiger charge is -2.39. The number of carbonyl (C=O) groups excluding carboxylic acids is 5. The van der Waals surface area contributed by atoms with Crippen molar-refractivity contribution < 1.29 is 28.7 Å². The molecule has 256 valence electrons. The molecule has 0 spiro atoms. The Balaban J connectivity index is 1.39. The van der Waals surface area contributed by atoms with Gasteiger partial charge in [-0.05, 0) is 75.3 Å². The van der Waals surface area contributed by atoms with Gasteiger partial charge < -0.3 is 35.1 Å². The van der Waals surface area contributed by atoms with Crippen molar-refractivity contribution in [1.29, 1.82) is 0 Å². The van der Waals surface area contributed by atoms with Crippen molar-refractivity contribution in [2.45, 2.75) is 90.3 Å². The lowest BCUT2D eigenvalue weighted by Crippen LogP contribution is -2.46. The van der Waals surface area contributed by atoms with E-state index in [1.165, 1.54) is 79.4 Å². The number of aryl methyl sites for hydroxylation is 1. The second-order valence-corrected chi connectivity index (χ2v) is 12.7. The van der Waals surface area contributed by atoms with Gasteiger partial charge in [-0.2, -0.15) is 0 Å². The van der Waals surface area contributed by atoms with Crippen molar-refractivity contribution in [3.8, 4) is 0 Å². The van der Waals surface area contributed by atoms with E-state index in [0.717, 1.165) is 18.3 Å². The lowest BCUT2D eigenvalue weighted by molar-refractivity contribution is -0.154. The molecule has 4 N–H and O–H groups in total. The van der Waals surface area contributed by atoms with Gasteiger partial charge >= 0.3 is 5.97 Å². The van der Waals surface area contributed by atoms with Crippen molar-refractivity contribution in [2.75, 3.05) is 18.4 Å². The maximum atomic E-state index is 13.5. The molecule has 2 aliphatic rings. The van der Waals surface area contributed by atoms with Gasteiger partial charge in [-0.15, -0.1) is 0 Å². The molecule has 2 aliphatic carbocycles. The number of ether oxygens (including phenoxy) is 1. The number of amides is 4. The van der Waals surface area contributed by atoms with Crippen LogP contribution in [0.2, 0.25) is 0 Å².